The number of rotatable bonds is 5. The number of carbonyl (C=O) groups excluding carboxylic acids is 2. The van der Waals surface area contributed by atoms with E-state index in [0.29, 0.717) is 26.2 Å². The number of amides is 2. The summed E-state index contributed by atoms with van der Waals surface area (Å²) in [6.45, 7) is 22.5. The van der Waals surface area contributed by atoms with Crippen molar-refractivity contribution in [2.24, 2.45) is 0 Å². The van der Waals surface area contributed by atoms with Crippen LogP contribution in [-0.2, 0) is 9.47 Å². The SMILES string of the molecule is C[C@@H]1CN(C(=O)OC(C)(C)C)C[C@H](C)N1c1ccc(-c2cnc3c(-c4ccnc5ccccc45)cnn3c2)cc1.C[C@@H]1CN(C(=O)OC(C)(C)C)C[C@H](C)N1c1ccc(-c2cnc3c(Br)cnn3c2)cc1. The topological polar surface area (TPSA) is 139 Å². The predicted molar refractivity (Wildman–Crippen MR) is 284 cm³/mol. The zero-order chi connectivity index (χ0) is 50.4. The number of ether oxygens (including phenoxy) is 2. The molecular formula is C55H62BrN11O4. The van der Waals surface area contributed by atoms with Crippen LogP contribution < -0.4 is 9.80 Å². The monoisotopic (exact) mass is 1020 g/mol. The van der Waals surface area contributed by atoms with Gasteiger partial charge < -0.3 is 29.1 Å². The van der Waals surface area contributed by atoms with Gasteiger partial charge in [0.15, 0.2) is 11.3 Å². The van der Waals surface area contributed by atoms with Crippen LogP contribution in [0.25, 0.3) is 55.6 Å². The van der Waals surface area contributed by atoms with E-state index in [4.69, 9.17) is 14.5 Å². The number of pyridine rings is 1. The fourth-order valence-corrected chi connectivity index (χ4v) is 10.2. The van der Waals surface area contributed by atoms with Crippen molar-refractivity contribution in [3.63, 3.8) is 0 Å². The van der Waals surface area contributed by atoms with Gasteiger partial charge in [-0.3, -0.25) is 4.98 Å². The van der Waals surface area contributed by atoms with E-state index in [1.54, 1.807) is 10.7 Å². The van der Waals surface area contributed by atoms with E-state index in [2.05, 4.69) is 128 Å². The van der Waals surface area contributed by atoms with Gasteiger partial charge in [0.1, 0.15) is 11.2 Å². The number of nitrogens with zero attached hydrogens (tertiary/aromatic N) is 11. The molecule has 10 rings (SSSR count). The summed E-state index contributed by atoms with van der Waals surface area (Å²) in [5.41, 5.74) is 10.0. The molecule has 15 nitrogen and oxygen atoms in total. The normalized spacial score (nSPS) is 18.7. The van der Waals surface area contributed by atoms with Crippen LogP contribution in [0.2, 0.25) is 0 Å². The summed E-state index contributed by atoms with van der Waals surface area (Å²) in [6.07, 6.45) is 12.7. The van der Waals surface area contributed by atoms with E-state index in [-0.39, 0.29) is 36.4 Å². The number of hydrogen-bond acceptors (Lipinski definition) is 11. The van der Waals surface area contributed by atoms with Crippen molar-refractivity contribution in [2.45, 2.75) is 105 Å². The van der Waals surface area contributed by atoms with E-state index >= 15 is 0 Å². The van der Waals surface area contributed by atoms with Gasteiger partial charge in [-0.1, -0.05) is 42.5 Å². The first-order valence-electron chi connectivity index (χ1n) is 24.2. The van der Waals surface area contributed by atoms with Crippen LogP contribution in [0.15, 0.2) is 127 Å². The number of aromatic nitrogens is 7. The van der Waals surface area contributed by atoms with E-state index < -0.39 is 11.2 Å². The summed E-state index contributed by atoms with van der Waals surface area (Å²) in [6, 6.07) is 27.8. The number of anilines is 2. The summed E-state index contributed by atoms with van der Waals surface area (Å²) in [5.74, 6) is 0. The molecule has 5 aromatic heterocycles. The summed E-state index contributed by atoms with van der Waals surface area (Å²) in [5, 5.41) is 10.0. The first kappa shape index (κ1) is 48.9. The molecule has 71 heavy (non-hydrogen) atoms. The molecule has 0 radical (unpaired) electrons. The van der Waals surface area contributed by atoms with Crippen LogP contribution in [0, 0.1) is 0 Å². The lowest BCUT2D eigenvalue weighted by Gasteiger charge is -2.45. The zero-order valence-electron chi connectivity index (χ0n) is 42.1. The second kappa shape index (κ2) is 19.6. The zero-order valence-corrected chi connectivity index (χ0v) is 43.7. The number of fused-ring (bicyclic) bond motifs is 3. The maximum atomic E-state index is 12.7. The standard InChI is InChI=1S/C32H34N6O2.C23H28BrN5O2/c1-21-18-36(31(39)40-32(3,4)5)19-22(2)38(21)25-12-10-23(11-13-25)24-16-34-30-28(17-35-37(30)20-24)26-14-15-33-29-9-7-6-8-27(26)29;1-15-12-27(22(30)31-23(3,4)5)13-16(2)29(15)19-8-6-17(7-9-19)18-10-25-21-20(24)11-26-28(21)14-18/h6-17,20-22H,18-19H2,1-5H3;6-11,14-16H,12-13H2,1-5H3/t21-,22+;15-,16+. The molecule has 2 aliphatic heterocycles. The van der Waals surface area contributed by atoms with E-state index in [1.165, 1.54) is 0 Å². The highest BCUT2D eigenvalue weighted by Gasteiger charge is 2.35. The Kier molecular flexibility index (Phi) is 13.5. The number of hydrogen-bond donors (Lipinski definition) is 0. The van der Waals surface area contributed by atoms with Gasteiger partial charge in [-0.2, -0.15) is 10.2 Å². The predicted octanol–water partition coefficient (Wildman–Crippen LogP) is 11.4. The molecule has 3 aromatic carbocycles. The maximum absolute atomic E-state index is 12.7. The minimum Gasteiger partial charge on any atom is -0.444 e. The Bertz CT molecular complexity index is 3170. The molecule has 0 bridgehead atoms. The van der Waals surface area contributed by atoms with Gasteiger partial charge in [-0.05, 0) is 138 Å². The number of carbonyl (C=O) groups is 2. The van der Waals surface area contributed by atoms with Crippen LogP contribution >= 0.6 is 15.9 Å². The Labute approximate surface area is 423 Å². The molecule has 0 spiro atoms. The highest BCUT2D eigenvalue weighted by atomic mass is 79.9. The Morgan fingerprint density at radius 3 is 1.48 bits per heavy atom. The van der Waals surface area contributed by atoms with Crippen molar-refractivity contribution in [1.82, 2.24) is 44.0 Å². The lowest BCUT2D eigenvalue weighted by Crippen LogP contribution is -2.58. The van der Waals surface area contributed by atoms with Crippen molar-refractivity contribution in [3.8, 4) is 33.4 Å². The van der Waals surface area contributed by atoms with Crippen LogP contribution in [-0.4, -0.2) is 118 Å². The van der Waals surface area contributed by atoms with Gasteiger partial charge in [-0.25, -0.2) is 28.6 Å². The number of piperazine rings is 2. The molecule has 2 saturated heterocycles. The van der Waals surface area contributed by atoms with Crippen molar-refractivity contribution >= 4 is 61.7 Å². The molecule has 2 fully saturated rings. The summed E-state index contributed by atoms with van der Waals surface area (Å²) < 4.78 is 15.7. The van der Waals surface area contributed by atoms with Crippen LogP contribution in [0.1, 0.15) is 69.2 Å². The van der Waals surface area contributed by atoms with Crippen LogP contribution in [0.4, 0.5) is 21.0 Å². The fraction of sp³-hybridized carbons (Fsp3) is 0.364. The molecule has 4 atom stereocenters. The molecular weight excluding hydrogens is 959 g/mol. The van der Waals surface area contributed by atoms with Crippen LogP contribution in [0.5, 0.6) is 0 Å². The highest BCUT2D eigenvalue weighted by Crippen LogP contribution is 2.33. The first-order valence-corrected chi connectivity index (χ1v) is 25.0. The van der Waals surface area contributed by atoms with E-state index in [0.717, 1.165) is 71.4 Å². The maximum Gasteiger partial charge on any atom is 0.410 e. The third-order valence-electron chi connectivity index (χ3n) is 12.7. The first-order chi connectivity index (χ1) is 33.8. The largest absolute Gasteiger partial charge is 0.444 e. The minimum absolute atomic E-state index is 0.159. The molecule has 2 aliphatic rings. The average molecular weight is 1020 g/mol. The highest BCUT2D eigenvalue weighted by molar-refractivity contribution is 9.10. The Hall–Kier alpha value is -7.07. The Balaban J connectivity index is 0.000000182. The van der Waals surface area contributed by atoms with E-state index in [9.17, 15) is 9.59 Å². The lowest BCUT2D eigenvalue weighted by molar-refractivity contribution is 0.0184. The smallest absolute Gasteiger partial charge is 0.410 e. The average Bonchev–Trinajstić information content (AvgIpc) is 3.92. The van der Waals surface area contributed by atoms with Gasteiger partial charge in [0.25, 0.3) is 0 Å². The quantitative estimate of drug-likeness (QED) is 0.163. The Morgan fingerprint density at radius 2 is 0.986 bits per heavy atom. The van der Waals surface area contributed by atoms with Gasteiger partial charge in [0.2, 0.25) is 0 Å². The molecule has 0 aliphatic carbocycles. The fourth-order valence-electron chi connectivity index (χ4n) is 9.81. The molecule has 0 N–H and O–H groups in total. The van der Waals surface area contributed by atoms with Crippen LogP contribution in [0.3, 0.4) is 0 Å². The molecule has 0 saturated carbocycles. The van der Waals surface area contributed by atoms with Gasteiger partial charge in [-0.15, -0.1) is 0 Å². The second-order valence-electron chi connectivity index (χ2n) is 20.7. The van der Waals surface area contributed by atoms with E-state index in [1.807, 2.05) is 117 Å². The van der Waals surface area contributed by atoms with Crippen molar-refractivity contribution < 1.29 is 19.1 Å². The summed E-state index contributed by atoms with van der Waals surface area (Å²) in [4.78, 5) is 47.3. The molecule has 16 heteroatoms. The van der Waals surface area contributed by atoms with Gasteiger partial charge in [0.05, 0.1) is 22.4 Å². The second-order valence-corrected chi connectivity index (χ2v) is 21.6. The van der Waals surface area contributed by atoms with Crippen molar-refractivity contribution in [2.75, 3.05) is 36.0 Å². The number of para-hydroxylation sites is 1. The number of benzene rings is 3. The Morgan fingerprint density at radius 1 is 0.535 bits per heavy atom. The van der Waals surface area contributed by atoms with Crippen molar-refractivity contribution in [1.29, 1.82) is 0 Å². The molecule has 8 aromatic rings. The molecule has 368 valence electrons. The molecule has 7 heterocycles. The van der Waals surface area contributed by atoms with Gasteiger partial charge in [0, 0.05) is 115 Å². The minimum atomic E-state index is -0.500. The molecule has 0 unspecified atom stereocenters. The third-order valence-corrected chi connectivity index (χ3v) is 13.3. The molecule has 2 amide bonds. The summed E-state index contributed by atoms with van der Waals surface area (Å²) in [7, 11) is 0. The van der Waals surface area contributed by atoms with Crippen molar-refractivity contribution in [3.05, 3.63) is 127 Å². The summed E-state index contributed by atoms with van der Waals surface area (Å²) >= 11 is 3.46. The van der Waals surface area contributed by atoms with Gasteiger partial charge >= 0.3 is 12.2 Å². The number of halogens is 1. The lowest BCUT2D eigenvalue weighted by atomic mass is 10.0. The third kappa shape index (κ3) is 10.7.